The zero-order valence-corrected chi connectivity index (χ0v) is 7.28. The SMILES string of the molecule is COc1cccc(CN)c1C(=O)O. The molecule has 0 aromatic heterocycles. The van der Waals surface area contributed by atoms with E-state index in [0.717, 1.165) is 0 Å². The van der Waals surface area contributed by atoms with Crippen LogP contribution in [0.1, 0.15) is 15.9 Å². The predicted molar refractivity (Wildman–Crippen MR) is 47.8 cm³/mol. The van der Waals surface area contributed by atoms with E-state index in [0.29, 0.717) is 11.3 Å². The van der Waals surface area contributed by atoms with Crippen molar-refractivity contribution < 1.29 is 14.6 Å². The van der Waals surface area contributed by atoms with E-state index in [2.05, 4.69) is 0 Å². The largest absolute Gasteiger partial charge is 0.496 e. The Morgan fingerprint density at radius 3 is 2.77 bits per heavy atom. The molecule has 0 heterocycles. The number of carboxylic acid groups (broad SMARTS) is 1. The molecule has 0 aliphatic carbocycles. The van der Waals surface area contributed by atoms with Crippen molar-refractivity contribution in [3.05, 3.63) is 29.3 Å². The normalized spacial score (nSPS) is 9.69. The average molecular weight is 181 g/mol. The highest BCUT2D eigenvalue weighted by Crippen LogP contribution is 2.21. The number of hydrogen-bond donors (Lipinski definition) is 2. The fourth-order valence-corrected chi connectivity index (χ4v) is 1.16. The highest BCUT2D eigenvalue weighted by atomic mass is 16.5. The smallest absolute Gasteiger partial charge is 0.339 e. The maximum atomic E-state index is 10.8. The molecule has 1 aromatic carbocycles. The van der Waals surface area contributed by atoms with Crippen LogP contribution >= 0.6 is 0 Å². The van der Waals surface area contributed by atoms with E-state index in [1.165, 1.54) is 7.11 Å². The van der Waals surface area contributed by atoms with E-state index < -0.39 is 5.97 Å². The minimum Gasteiger partial charge on any atom is -0.496 e. The van der Waals surface area contributed by atoms with Crippen molar-refractivity contribution in [2.45, 2.75) is 6.54 Å². The fourth-order valence-electron chi connectivity index (χ4n) is 1.16. The summed E-state index contributed by atoms with van der Waals surface area (Å²) >= 11 is 0. The number of rotatable bonds is 3. The van der Waals surface area contributed by atoms with Gasteiger partial charge in [-0.2, -0.15) is 0 Å². The molecule has 0 amide bonds. The summed E-state index contributed by atoms with van der Waals surface area (Å²) in [5, 5.41) is 8.87. The molecule has 13 heavy (non-hydrogen) atoms. The number of nitrogens with two attached hydrogens (primary N) is 1. The first kappa shape index (κ1) is 9.54. The summed E-state index contributed by atoms with van der Waals surface area (Å²) in [5.41, 5.74) is 6.11. The molecule has 3 N–H and O–H groups in total. The Bertz CT molecular complexity index is 300. The van der Waals surface area contributed by atoms with Crippen molar-refractivity contribution in [2.24, 2.45) is 5.73 Å². The predicted octanol–water partition coefficient (Wildman–Crippen LogP) is 0.852. The van der Waals surface area contributed by atoms with Crippen LogP contribution in [0.5, 0.6) is 5.75 Å². The number of benzene rings is 1. The molecule has 4 heteroatoms. The second-order valence-electron chi connectivity index (χ2n) is 2.50. The Hall–Kier alpha value is -1.55. The van der Waals surface area contributed by atoms with E-state index in [4.69, 9.17) is 15.6 Å². The summed E-state index contributed by atoms with van der Waals surface area (Å²) in [7, 11) is 1.43. The first-order valence-electron chi connectivity index (χ1n) is 3.80. The highest BCUT2D eigenvalue weighted by molar-refractivity contribution is 5.92. The monoisotopic (exact) mass is 181 g/mol. The van der Waals surface area contributed by atoms with E-state index in [9.17, 15) is 4.79 Å². The fraction of sp³-hybridized carbons (Fsp3) is 0.222. The van der Waals surface area contributed by atoms with Crippen LogP contribution in [0, 0.1) is 0 Å². The number of carbonyl (C=O) groups is 1. The van der Waals surface area contributed by atoms with Gasteiger partial charge >= 0.3 is 5.97 Å². The standard InChI is InChI=1S/C9H11NO3/c1-13-7-4-2-3-6(5-10)8(7)9(11)12/h2-4H,5,10H2,1H3,(H,11,12). The van der Waals surface area contributed by atoms with Gasteiger partial charge in [-0.15, -0.1) is 0 Å². The molecule has 0 aliphatic heterocycles. The lowest BCUT2D eigenvalue weighted by Crippen LogP contribution is -2.08. The zero-order valence-electron chi connectivity index (χ0n) is 7.28. The molecule has 0 radical (unpaired) electrons. The lowest BCUT2D eigenvalue weighted by Gasteiger charge is -2.08. The number of carboxylic acids is 1. The van der Waals surface area contributed by atoms with E-state index in [1.54, 1.807) is 18.2 Å². The molecule has 1 aromatic rings. The maximum absolute atomic E-state index is 10.8. The van der Waals surface area contributed by atoms with Gasteiger partial charge in [-0.05, 0) is 11.6 Å². The van der Waals surface area contributed by atoms with Gasteiger partial charge in [0.1, 0.15) is 11.3 Å². The molecular weight excluding hydrogens is 170 g/mol. The summed E-state index contributed by atoms with van der Waals surface area (Å²) in [6.45, 7) is 0.193. The second kappa shape index (κ2) is 3.91. The van der Waals surface area contributed by atoms with Gasteiger partial charge in [-0.25, -0.2) is 4.79 Å². The van der Waals surface area contributed by atoms with E-state index in [-0.39, 0.29) is 12.1 Å². The van der Waals surface area contributed by atoms with Gasteiger partial charge in [-0.1, -0.05) is 12.1 Å². The van der Waals surface area contributed by atoms with Crippen LogP contribution in [0.25, 0.3) is 0 Å². The summed E-state index contributed by atoms with van der Waals surface area (Å²) in [6, 6.07) is 4.99. The van der Waals surface area contributed by atoms with Crippen LogP contribution in [0.3, 0.4) is 0 Å². The van der Waals surface area contributed by atoms with Gasteiger partial charge in [0.15, 0.2) is 0 Å². The molecule has 0 saturated heterocycles. The second-order valence-corrected chi connectivity index (χ2v) is 2.50. The average Bonchev–Trinajstić information content (AvgIpc) is 2.16. The van der Waals surface area contributed by atoms with Crippen LogP contribution in [0.15, 0.2) is 18.2 Å². The minimum atomic E-state index is -1.02. The first-order valence-corrected chi connectivity index (χ1v) is 3.80. The topological polar surface area (TPSA) is 72.5 Å². The number of aromatic carboxylic acids is 1. The van der Waals surface area contributed by atoms with Crippen molar-refractivity contribution in [3.8, 4) is 5.75 Å². The van der Waals surface area contributed by atoms with Crippen LogP contribution in [0.2, 0.25) is 0 Å². The van der Waals surface area contributed by atoms with Crippen molar-refractivity contribution >= 4 is 5.97 Å². The molecule has 0 fully saturated rings. The summed E-state index contributed by atoms with van der Waals surface area (Å²) < 4.78 is 4.91. The van der Waals surface area contributed by atoms with Crippen LogP contribution < -0.4 is 10.5 Å². The van der Waals surface area contributed by atoms with E-state index in [1.807, 2.05) is 0 Å². The van der Waals surface area contributed by atoms with Gasteiger partial charge in [-0.3, -0.25) is 0 Å². The molecule has 0 aliphatic rings. The maximum Gasteiger partial charge on any atom is 0.339 e. The Morgan fingerprint density at radius 2 is 2.31 bits per heavy atom. The lowest BCUT2D eigenvalue weighted by molar-refractivity contribution is 0.0692. The third-order valence-corrected chi connectivity index (χ3v) is 1.77. The molecule has 0 saturated carbocycles. The minimum absolute atomic E-state index is 0.146. The van der Waals surface area contributed by atoms with Crippen LogP contribution in [0.4, 0.5) is 0 Å². The lowest BCUT2D eigenvalue weighted by atomic mass is 10.1. The molecule has 4 nitrogen and oxygen atoms in total. The molecule has 1 rings (SSSR count). The highest BCUT2D eigenvalue weighted by Gasteiger charge is 2.14. The molecule has 0 spiro atoms. The number of hydrogen-bond acceptors (Lipinski definition) is 3. The first-order chi connectivity index (χ1) is 6.20. The number of ether oxygens (including phenoxy) is 1. The van der Waals surface area contributed by atoms with Gasteiger partial charge in [0, 0.05) is 6.54 Å². The third kappa shape index (κ3) is 1.78. The van der Waals surface area contributed by atoms with Crippen LogP contribution in [-0.2, 0) is 6.54 Å². The quantitative estimate of drug-likeness (QED) is 0.725. The Balaban J connectivity index is 3.29. The summed E-state index contributed by atoms with van der Waals surface area (Å²) in [5.74, 6) is -0.673. The Labute approximate surface area is 75.9 Å². The van der Waals surface area contributed by atoms with Gasteiger partial charge in [0.25, 0.3) is 0 Å². The van der Waals surface area contributed by atoms with Gasteiger partial charge in [0.05, 0.1) is 7.11 Å². The van der Waals surface area contributed by atoms with E-state index >= 15 is 0 Å². The Morgan fingerprint density at radius 1 is 1.62 bits per heavy atom. The zero-order chi connectivity index (χ0) is 9.84. The van der Waals surface area contributed by atoms with Crippen molar-refractivity contribution in [2.75, 3.05) is 7.11 Å². The number of methoxy groups -OCH3 is 1. The Kier molecular flexibility index (Phi) is 2.87. The summed E-state index contributed by atoms with van der Waals surface area (Å²) in [6.07, 6.45) is 0. The molecule has 0 unspecified atom stereocenters. The van der Waals surface area contributed by atoms with Crippen LogP contribution in [-0.4, -0.2) is 18.2 Å². The molecular formula is C9H11NO3. The third-order valence-electron chi connectivity index (χ3n) is 1.77. The van der Waals surface area contributed by atoms with Gasteiger partial charge in [0.2, 0.25) is 0 Å². The van der Waals surface area contributed by atoms with Crippen molar-refractivity contribution in [3.63, 3.8) is 0 Å². The molecule has 0 atom stereocenters. The molecule has 0 bridgehead atoms. The van der Waals surface area contributed by atoms with Gasteiger partial charge < -0.3 is 15.6 Å². The van der Waals surface area contributed by atoms with Crippen molar-refractivity contribution in [1.29, 1.82) is 0 Å². The van der Waals surface area contributed by atoms with Crippen molar-refractivity contribution in [1.82, 2.24) is 0 Å². The molecule has 70 valence electrons. The summed E-state index contributed by atoms with van der Waals surface area (Å²) in [4.78, 5) is 10.8.